The number of ether oxygens (including phenoxy) is 1. The molecule has 3 N–H and O–H groups in total. The predicted octanol–water partition coefficient (Wildman–Crippen LogP) is 2.38. The lowest BCUT2D eigenvalue weighted by molar-refractivity contribution is 0.252. The molecule has 0 bridgehead atoms. The smallest absolute Gasteiger partial charge is 0.328 e. The maximum absolute atomic E-state index is 12.6. The molecule has 0 aliphatic carbocycles. The van der Waals surface area contributed by atoms with Crippen molar-refractivity contribution in [2.75, 3.05) is 25.4 Å². The second kappa shape index (κ2) is 8.24. The lowest BCUT2D eigenvalue weighted by atomic mass is 10.1. The number of rotatable bonds is 7. The molecule has 8 nitrogen and oxygen atoms in total. The van der Waals surface area contributed by atoms with Gasteiger partial charge in [0.2, 0.25) is 0 Å². The van der Waals surface area contributed by atoms with E-state index in [-0.39, 0.29) is 17.5 Å². The zero-order valence-electron chi connectivity index (χ0n) is 17.0. The van der Waals surface area contributed by atoms with E-state index in [0.717, 1.165) is 25.2 Å². The molecule has 0 amide bonds. The first-order chi connectivity index (χ1) is 14.0. The fourth-order valence-corrected chi connectivity index (χ4v) is 3.69. The van der Waals surface area contributed by atoms with Gasteiger partial charge >= 0.3 is 11.7 Å². The number of nitrogens with two attached hydrogens (primary N) is 1. The summed E-state index contributed by atoms with van der Waals surface area (Å²) >= 11 is 0. The van der Waals surface area contributed by atoms with Crippen LogP contribution in [0.15, 0.2) is 29.1 Å². The van der Waals surface area contributed by atoms with Crippen LogP contribution in [-0.4, -0.2) is 44.1 Å². The second-order valence-electron chi connectivity index (χ2n) is 8.11. The van der Waals surface area contributed by atoms with Crippen molar-refractivity contribution in [1.29, 1.82) is 0 Å². The van der Waals surface area contributed by atoms with Crippen molar-refractivity contribution in [1.82, 2.24) is 24.4 Å². The number of benzene rings is 1. The number of hydrogen-bond donors (Lipinski definition) is 2. The highest BCUT2D eigenvalue weighted by Crippen LogP contribution is 2.20. The Bertz CT molecular complexity index is 1050. The minimum atomic E-state index is -0.257. The second-order valence-corrected chi connectivity index (χ2v) is 8.11. The molecule has 1 fully saturated rings. The highest BCUT2D eigenvalue weighted by Gasteiger charge is 2.16. The number of aromatic amines is 1. The van der Waals surface area contributed by atoms with Crippen LogP contribution in [0.3, 0.4) is 0 Å². The third-order valence-electron chi connectivity index (χ3n) is 5.11. The molecule has 29 heavy (non-hydrogen) atoms. The SMILES string of the molecule is CC(C)COc1nc(N)c2[nH]c(=O)n(Cc3cccc(CN4CCCC4)c3)c2n1. The molecule has 0 radical (unpaired) electrons. The van der Waals surface area contributed by atoms with Crippen LogP contribution < -0.4 is 16.2 Å². The van der Waals surface area contributed by atoms with Gasteiger partial charge in [-0.05, 0) is 43.0 Å². The molecule has 1 aliphatic rings. The van der Waals surface area contributed by atoms with Crippen molar-refractivity contribution in [3.63, 3.8) is 0 Å². The van der Waals surface area contributed by atoms with E-state index in [9.17, 15) is 4.79 Å². The number of fused-ring (bicyclic) bond motifs is 1. The average molecular weight is 396 g/mol. The van der Waals surface area contributed by atoms with Gasteiger partial charge < -0.3 is 15.5 Å². The van der Waals surface area contributed by atoms with Crippen LogP contribution in [0.5, 0.6) is 6.01 Å². The Labute approximate surface area is 169 Å². The summed E-state index contributed by atoms with van der Waals surface area (Å²) in [6, 6.07) is 8.56. The number of hydrogen-bond acceptors (Lipinski definition) is 6. The molecule has 154 valence electrons. The van der Waals surface area contributed by atoms with Crippen LogP contribution in [0.25, 0.3) is 11.2 Å². The van der Waals surface area contributed by atoms with Crippen molar-refractivity contribution in [2.24, 2.45) is 5.92 Å². The van der Waals surface area contributed by atoms with E-state index in [1.807, 2.05) is 26.0 Å². The highest BCUT2D eigenvalue weighted by atomic mass is 16.5. The number of likely N-dealkylation sites (tertiary alicyclic amines) is 1. The Morgan fingerprint density at radius 2 is 1.90 bits per heavy atom. The van der Waals surface area contributed by atoms with Gasteiger partial charge in [-0.3, -0.25) is 9.47 Å². The summed E-state index contributed by atoms with van der Waals surface area (Å²) in [5.41, 5.74) is 8.99. The van der Waals surface area contributed by atoms with Crippen LogP contribution in [0.2, 0.25) is 0 Å². The van der Waals surface area contributed by atoms with Crippen LogP contribution in [0, 0.1) is 5.92 Å². The van der Waals surface area contributed by atoms with E-state index in [2.05, 4.69) is 32.0 Å². The number of imidazole rings is 1. The summed E-state index contributed by atoms with van der Waals surface area (Å²) in [4.78, 5) is 26.4. The first-order valence-corrected chi connectivity index (χ1v) is 10.2. The molecule has 1 aliphatic heterocycles. The van der Waals surface area contributed by atoms with Crippen molar-refractivity contribution < 1.29 is 4.74 Å². The highest BCUT2D eigenvalue weighted by molar-refractivity contribution is 5.81. The Hall–Kier alpha value is -2.87. The van der Waals surface area contributed by atoms with Crippen molar-refractivity contribution in [3.8, 4) is 6.01 Å². The van der Waals surface area contributed by atoms with E-state index in [1.54, 1.807) is 4.57 Å². The van der Waals surface area contributed by atoms with E-state index in [4.69, 9.17) is 10.5 Å². The molecule has 8 heteroatoms. The van der Waals surface area contributed by atoms with E-state index >= 15 is 0 Å². The fraction of sp³-hybridized carbons (Fsp3) is 0.476. The van der Waals surface area contributed by atoms with Crippen LogP contribution in [0.1, 0.15) is 37.8 Å². The Morgan fingerprint density at radius 3 is 2.62 bits per heavy atom. The summed E-state index contributed by atoms with van der Waals surface area (Å²) < 4.78 is 7.22. The molecular weight excluding hydrogens is 368 g/mol. The Morgan fingerprint density at radius 1 is 1.17 bits per heavy atom. The topological polar surface area (TPSA) is 102 Å². The van der Waals surface area contributed by atoms with Gasteiger partial charge in [-0.2, -0.15) is 9.97 Å². The number of aromatic nitrogens is 4. The van der Waals surface area contributed by atoms with Gasteiger partial charge in [0, 0.05) is 6.54 Å². The molecule has 1 aromatic carbocycles. The number of nitrogen functional groups attached to an aromatic ring is 1. The van der Waals surface area contributed by atoms with Crippen LogP contribution >= 0.6 is 0 Å². The Balaban J connectivity index is 1.61. The fourth-order valence-electron chi connectivity index (χ4n) is 3.69. The summed E-state index contributed by atoms with van der Waals surface area (Å²) in [6.07, 6.45) is 2.54. The molecule has 0 saturated carbocycles. The average Bonchev–Trinajstić information content (AvgIpc) is 3.30. The summed E-state index contributed by atoms with van der Waals surface area (Å²) in [7, 11) is 0. The zero-order chi connectivity index (χ0) is 20.4. The largest absolute Gasteiger partial charge is 0.463 e. The maximum atomic E-state index is 12.6. The lowest BCUT2D eigenvalue weighted by Gasteiger charge is -2.15. The van der Waals surface area contributed by atoms with Crippen molar-refractivity contribution >= 4 is 17.0 Å². The van der Waals surface area contributed by atoms with Crippen molar-refractivity contribution in [2.45, 2.75) is 39.8 Å². The van der Waals surface area contributed by atoms with E-state index in [1.165, 1.54) is 18.4 Å². The van der Waals surface area contributed by atoms with Crippen LogP contribution in [0.4, 0.5) is 5.82 Å². The lowest BCUT2D eigenvalue weighted by Crippen LogP contribution is -2.19. The van der Waals surface area contributed by atoms with E-state index in [0.29, 0.717) is 30.2 Å². The Kier molecular flexibility index (Phi) is 5.53. The molecule has 0 unspecified atom stereocenters. The predicted molar refractivity (Wildman–Crippen MR) is 113 cm³/mol. The van der Waals surface area contributed by atoms with Crippen molar-refractivity contribution in [3.05, 3.63) is 45.9 Å². The first kappa shape index (κ1) is 19.4. The molecule has 0 atom stereocenters. The number of anilines is 1. The first-order valence-electron chi connectivity index (χ1n) is 10.2. The summed E-state index contributed by atoms with van der Waals surface area (Å²) in [6.45, 7) is 8.24. The van der Waals surface area contributed by atoms with Gasteiger partial charge in [0.1, 0.15) is 5.52 Å². The number of H-pyrrole nitrogens is 1. The van der Waals surface area contributed by atoms with Gasteiger partial charge in [-0.15, -0.1) is 0 Å². The minimum Gasteiger partial charge on any atom is -0.463 e. The number of nitrogens with one attached hydrogen (secondary N) is 1. The summed E-state index contributed by atoms with van der Waals surface area (Å²) in [5.74, 6) is 0.551. The quantitative estimate of drug-likeness (QED) is 0.636. The third-order valence-corrected chi connectivity index (χ3v) is 5.11. The van der Waals surface area contributed by atoms with Gasteiger partial charge in [-0.25, -0.2) is 4.79 Å². The maximum Gasteiger partial charge on any atom is 0.328 e. The van der Waals surface area contributed by atoms with Crippen LogP contribution in [-0.2, 0) is 13.1 Å². The summed E-state index contributed by atoms with van der Waals surface area (Å²) in [5, 5.41) is 0. The molecule has 0 spiro atoms. The number of nitrogens with zero attached hydrogens (tertiary/aromatic N) is 4. The molecule has 1 saturated heterocycles. The molecule has 2 aromatic heterocycles. The third kappa shape index (κ3) is 4.42. The molecule has 3 heterocycles. The minimum absolute atomic E-state index is 0.194. The monoisotopic (exact) mass is 396 g/mol. The molecular formula is C21H28N6O2. The molecule has 3 aromatic rings. The van der Waals surface area contributed by atoms with Gasteiger partial charge in [0.15, 0.2) is 11.5 Å². The zero-order valence-corrected chi connectivity index (χ0v) is 17.0. The normalized spacial score (nSPS) is 14.9. The molecule has 4 rings (SSSR count). The van der Waals surface area contributed by atoms with Gasteiger partial charge in [0.05, 0.1) is 13.2 Å². The van der Waals surface area contributed by atoms with E-state index < -0.39 is 0 Å². The standard InChI is InChI=1S/C21H28N6O2/c1-14(2)13-29-20-24-18(22)17-19(25-20)27(21(28)23-17)12-16-7-5-6-15(10-16)11-26-8-3-4-9-26/h5-7,10,14H,3-4,8-9,11-13H2,1-2H3,(H,23,28)(H2,22,24,25). The van der Waals surface area contributed by atoms with Gasteiger partial charge in [0.25, 0.3) is 0 Å². The van der Waals surface area contributed by atoms with Gasteiger partial charge in [-0.1, -0.05) is 38.1 Å².